The molecule has 0 unspecified atom stereocenters. The quantitative estimate of drug-likeness (QED) is 0.913. The van der Waals surface area contributed by atoms with Crippen LogP contribution in [0.25, 0.3) is 11.6 Å². The summed E-state index contributed by atoms with van der Waals surface area (Å²) < 4.78 is 0.970. The minimum absolute atomic E-state index is 0.563. The Morgan fingerprint density at radius 3 is 2.82 bits per heavy atom. The van der Waals surface area contributed by atoms with Gasteiger partial charge in [0.05, 0.1) is 10.2 Å². The maximum Gasteiger partial charge on any atom is 0.197 e. The van der Waals surface area contributed by atoms with Gasteiger partial charge >= 0.3 is 0 Å². The zero-order valence-corrected chi connectivity index (χ0v) is 11.0. The molecule has 2 N–H and O–H groups in total. The minimum atomic E-state index is 0.563. The molecule has 2 heterocycles. The standard InChI is InChI=1S/C11H12BrN5/c1-13-9-7(12)8(6-2-3-6)16-11(17-9)10-14-4-5-15-10/h4-6H,2-3H2,1H3,(H,14,15)(H,13,16,17). The van der Waals surface area contributed by atoms with Gasteiger partial charge in [0.1, 0.15) is 5.82 Å². The molecule has 6 heteroatoms. The number of rotatable bonds is 3. The first-order valence-corrected chi connectivity index (χ1v) is 6.34. The molecule has 1 aliphatic carbocycles. The topological polar surface area (TPSA) is 66.5 Å². The fourth-order valence-electron chi connectivity index (χ4n) is 1.75. The van der Waals surface area contributed by atoms with Crippen LogP contribution in [0.15, 0.2) is 16.9 Å². The highest BCUT2D eigenvalue weighted by Gasteiger charge is 2.29. The fourth-order valence-corrected chi connectivity index (χ4v) is 2.45. The lowest BCUT2D eigenvalue weighted by molar-refractivity contribution is 0.970. The Labute approximate surface area is 107 Å². The first kappa shape index (κ1) is 10.7. The number of aromatic nitrogens is 4. The lowest BCUT2D eigenvalue weighted by Gasteiger charge is -2.09. The minimum Gasteiger partial charge on any atom is -0.372 e. The Morgan fingerprint density at radius 2 is 2.24 bits per heavy atom. The molecule has 17 heavy (non-hydrogen) atoms. The summed E-state index contributed by atoms with van der Waals surface area (Å²) in [5.74, 6) is 2.72. The van der Waals surface area contributed by atoms with E-state index < -0.39 is 0 Å². The molecule has 0 radical (unpaired) electrons. The summed E-state index contributed by atoms with van der Waals surface area (Å²) >= 11 is 3.56. The second kappa shape index (κ2) is 4.10. The first-order chi connectivity index (χ1) is 8.29. The average molecular weight is 294 g/mol. The maximum atomic E-state index is 4.59. The van der Waals surface area contributed by atoms with E-state index in [4.69, 9.17) is 0 Å². The van der Waals surface area contributed by atoms with Crippen LogP contribution in [0.3, 0.4) is 0 Å². The molecule has 1 aliphatic rings. The van der Waals surface area contributed by atoms with Gasteiger partial charge in [-0.3, -0.25) is 0 Å². The van der Waals surface area contributed by atoms with Crippen molar-refractivity contribution in [1.29, 1.82) is 0 Å². The molecule has 5 nitrogen and oxygen atoms in total. The van der Waals surface area contributed by atoms with Gasteiger partial charge in [-0.2, -0.15) is 0 Å². The maximum absolute atomic E-state index is 4.59. The molecule has 1 fully saturated rings. The Balaban J connectivity index is 2.13. The Hall–Kier alpha value is -1.43. The third kappa shape index (κ3) is 1.93. The summed E-state index contributed by atoms with van der Waals surface area (Å²) in [6.45, 7) is 0. The monoisotopic (exact) mass is 293 g/mol. The summed E-state index contributed by atoms with van der Waals surface area (Å²) in [5.41, 5.74) is 1.08. The van der Waals surface area contributed by atoms with Gasteiger partial charge in [0.2, 0.25) is 0 Å². The highest BCUT2D eigenvalue weighted by atomic mass is 79.9. The van der Waals surface area contributed by atoms with Crippen LogP contribution in [0.1, 0.15) is 24.5 Å². The molecule has 0 atom stereocenters. The predicted molar refractivity (Wildman–Crippen MR) is 68.8 cm³/mol. The van der Waals surface area contributed by atoms with E-state index in [1.165, 1.54) is 12.8 Å². The number of imidazole rings is 1. The van der Waals surface area contributed by atoms with Gasteiger partial charge in [0.15, 0.2) is 11.6 Å². The van der Waals surface area contributed by atoms with Crippen molar-refractivity contribution >= 4 is 21.7 Å². The zero-order chi connectivity index (χ0) is 11.8. The van der Waals surface area contributed by atoms with E-state index in [-0.39, 0.29) is 0 Å². The molecule has 0 amide bonds. The van der Waals surface area contributed by atoms with Gasteiger partial charge in [-0.15, -0.1) is 0 Å². The van der Waals surface area contributed by atoms with E-state index in [2.05, 4.69) is 41.2 Å². The fraction of sp³-hybridized carbons (Fsp3) is 0.364. The van der Waals surface area contributed by atoms with Gasteiger partial charge in [-0.05, 0) is 28.8 Å². The van der Waals surface area contributed by atoms with E-state index in [9.17, 15) is 0 Å². The van der Waals surface area contributed by atoms with Crippen molar-refractivity contribution in [2.75, 3.05) is 12.4 Å². The van der Waals surface area contributed by atoms with Crippen LogP contribution in [0, 0.1) is 0 Å². The van der Waals surface area contributed by atoms with Crippen LogP contribution in [-0.2, 0) is 0 Å². The van der Waals surface area contributed by atoms with Crippen LogP contribution in [0.2, 0.25) is 0 Å². The number of halogens is 1. The Morgan fingerprint density at radius 1 is 1.41 bits per heavy atom. The number of H-pyrrole nitrogens is 1. The Kier molecular flexibility index (Phi) is 2.58. The normalized spacial score (nSPS) is 14.9. The van der Waals surface area contributed by atoms with Crippen LogP contribution in [0.4, 0.5) is 5.82 Å². The molecule has 88 valence electrons. The average Bonchev–Trinajstić information content (AvgIpc) is 3.04. The van der Waals surface area contributed by atoms with Crippen molar-refractivity contribution in [3.63, 3.8) is 0 Å². The number of hydrogen-bond donors (Lipinski definition) is 2. The molecule has 3 rings (SSSR count). The molecule has 2 aromatic heterocycles. The highest BCUT2D eigenvalue weighted by Crippen LogP contribution is 2.44. The highest BCUT2D eigenvalue weighted by molar-refractivity contribution is 9.10. The van der Waals surface area contributed by atoms with E-state index >= 15 is 0 Å². The SMILES string of the molecule is CNc1nc(-c2ncc[nH]2)nc(C2CC2)c1Br. The molecule has 1 saturated carbocycles. The van der Waals surface area contributed by atoms with Gasteiger partial charge in [-0.25, -0.2) is 15.0 Å². The van der Waals surface area contributed by atoms with Gasteiger partial charge < -0.3 is 10.3 Å². The second-order valence-corrected chi connectivity index (χ2v) is 4.85. The number of aromatic amines is 1. The van der Waals surface area contributed by atoms with Crippen LogP contribution in [-0.4, -0.2) is 27.0 Å². The largest absolute Gasteiger partial charge is 0.372 e. The molecule has 0 spiro atoms. The number of anilines is 1. The van der Waals surface area contributed by atoms with E-state index in [1.54, 1.807) is 12.4 Å². The number of nitrogens with one attached hydrogen (secondary N) is 2. The molecule has 0 aliphatic heterocycles. The lowest BCUT2D eigenvalue weighted by atomic mass is 10.2. The molecule has 2 aromatic rings. The summed E-state index contributed by atoms with van der Waals surface area (Å²) in [6, 6.07) is 0. The van der Waals surface area contributed by atoms with Gasteiger partial charge in [0, 0.05) is 25.4 Å². The molecule has 0 aromatic carbocycles. The summed E-state index contributed by atoms with van der Waals surface area (Å²) in [4.78, 5) is 16.3. The molecule has 0 bridgehead atoms. The smallest absolute Gasteiger partial charge is 0.197 e. The van der Waals surface area contributed by atoms with Crippen molar-refractivity contribution < 1.29 is 0 Å². The zero-order valence-electron chi connectivity index (χ0n) is 9.37. The van der Waals surface area contributed by atoms with E-state index in [0.717, 1.165) is 16.0 Å². The second-order valence-electron chi connectivity index (χ2n) is 4.06. The van der Waals surface area contributed by atoms with E-state index in [0.29, 0.717) is 17.6 Å². The van der Waals surface area contributed by atoms with Crippen molar-refractivity contribution in [3.8, 4) is 11.6 Å². The molecule has 0 saturated heterocycles. The lowest BCUT2D eigenvalue weighted by Crippen LogP contribution is -2.03. The third-order valence-electron chi connectivity index (χ3n) is 2.79. The van der Waals surface area contributed by atoms with E-state index in [1.807, 2.05) is 7.05 Å². The van der Waals surface area contributed by atoms with Crippen molar-refractivity contribution in [2.24, 2.45) is 0 Å². The van der Waals surface area contributed by atoms with Crippen LogP contribution in [0.5, 0.6) is 0 Å². The van der Waals surface area contributed by atoms with Crippen molar-refractivity contribution in [1.82, 2.24) is 19.9 Å². The van der Waals surface area contributed by atoms with Crippen LogP contribution < -0.4 is 5.32 Å². The van der Waals surface area contributed by atoms with Crippen molar-refractivity contribution in [3.05, 3.63) is 22.6 Å². The van der Waals surface area contributed by atoms with Crippen LogP contribution >= 0.6 is 15.9 Å². The molecular formula is C11H12BrN5. The van der Waals surface area contributed by atoms with Gasteiger partial charge in [0.25, 0.3) is 0 Å². The third-order valence-corrected chi connectivity index (χ3v) is 3.57. The van der Waals surface area contributed by atoms with Gasteiger partial charge in [-0.1, -0.05) is 0 Å². The Bertz CT molecular complexity index is 533. The number of hydrogen-bond acceptors (Lipinski definition) is 4. The number of nitrogens with zero attached hydrogens (tertiary/aromatic N) is 3. The van der Waals surface area contributed by atoms with Crippen molar-refractivity contribution in [2.45, 2.75) is 18.8 Å². The first-order valence-electron chi connectivity index (χ1n) is 5.54. The summed E-state index contributed by atoms with van der Waals surface area (Å²) in [5, 5.41) is 3.08. The summed E-state index contributed by atoms with van der Waals surface area (Å²) in [7, 11) is 1.86. The molecular weight excluding hydrogens is 282 g/mol. The summed E-state index contributed by atoms with van der Waals surface area (Å²) in [6.07, 6.45) is 5.89. The predicted octanol–water partition coefficient (Wildman–Crippen LogP) is 2.55.